The molecule has 1 aromatic carbocycles. The van der Waals surface area contributed by atoms with Crippen molar-refractivity contribution < 1.29 is 9.59 Å². The molecular formula is C22H30N6O2. The lowest BCUT2D eigenvalue weighted by Crippen LogP contribution is -2.54. The molecule has 0 aromatic heterocycles. The van der Waals surface area contributed by atoms with Gasteiger partial charge >= 0.3 is 6.03 Å². The van der Waals surface area contributed by atoms with Crippen LogP contribution in [-0.4, -0.2) is 51.7 Å². The van der Waals surface area contributed by atoms with E-state index in [1.807, 2.05) is 6.20 Å². The Morgan fingerprint density at radius 2 is 1.93 bits per heavy atom. The molecule has 160 valence electrons. The van der Waals surface area contributed by atoms with E-state index >= 15 is 0 Å². The first-order valence-electron chi connectivity index (χ1n) is 10.9. The SMILES string of the molecule is Cc1ccc(C2CC3C4NN(CC(=O)NC5CCCC5)C(=O)N4C=CN3N2)cc1C. The number of hydrogen-bond donors (Lipinski definition) is 3. The third-order valence-electron chi connectivity index (χ3n) is 6.89. The molecule has 3 heterocycles. The molecule has 0 spiro atoms. The summed E-state index contributed by atoms with van der Waals surface area (Å²) in [6, 6.07) is 6.93. The molecule has 4 aliphatic rings. The number of nitrogens with zero attached hydrogens (tertiary/aromatic N) is 3. The Morgan fingerprint density at radius 3 is 2.70 bits per heavy atom. The van der Waals surface area contributed by atoms with Gasteiger partial charge < -0.3 is 10.3 Å². The fraction of sp³-hybridized carbons (Fsp3) is 0.545. The fourth-order valence-corrected chi connectivity index (χ4v) is 5.02. The molecular weight excluding hydrogens is 380 g/mol. The average Bonchev–Trinajstić information content (AvgIpc) is 3.44. The van der Waals surface area contributed by atoms with Crippen molar-refractivity contribution in [3.05, 3.63) is 47.3 Å². The molecule has 1 aromatic rings. The lowest BCUT2D eigenvalue weighted by Gasteiger charge is -2.34. The van der Waals surface area contributed by atoms with Gasteiger partial charge in [0, 0.05) is 18.4 Å². The van der Waals surface area contributed by atoms with Gasteiger partial charge in [-0.05, 0) is 49.8 Å². The molecule has 3 amide bonds. The lowest BCUT2D eigenvalue weighted by molar-refractivity contribution is -0.122. The zero-order valence-electron chi connectivity index (χ0n) is 17.6. The molecule has 3 fully saturated rings. The molecule has 8 heteroatoms. The smallest absolute Gasteiger partial charge is 0.340 e. The number of amides is 3. The first-order valence-corrected chi connectivity index (χ1v) is 10.9. The maximum absolute atomic E-state index is 12.9. The predicted molar refractivity (Wildman–Crippen MR) is 112 cm³/mol. The maximum atomic E-state index is 12.9. The van der Waals surface area contributed by atoms with Gasteiger partial charge in [-0.15, -0.1) is 0 Å². The van der Waals surface area contributed by atoms with E-state index in [0.29, 0.717) is 0 Å². The molecule has 1 saturated carbocycles. The molecule has 8 nitrogen and oxygen atoms in total. The van der Waals surface area contributed by atoms with E-state index in [0.717, 1.165) is 19.3 Å². The topological polar surface area (TPSA) is 80.0 Å². The summed E-state index contributed by atoms with van der Waals surface area (Å²) >= 11 is 0. The Labute approximate surface area is 177 Å². The van der Waals surface area contributed by atoms with Crippen LogP contribution in [0.25, 0.3) is 0 Å². The quantitative estimate of drug-likeness (QED) is 0.708. The van der Waals surface area contributed by atoms with Crippen LogP contribution in [0.2, 0.25) is 0 Å². The summed E-state index contributed by atoms with van der Waals surface area (Å²) in [6.45, 7) is 4.29. The van der Waals surface area contributed by atoms with Crippen LogP contribution in [0.5, 0.6) is 0 Å². The number of benzene rings is 1. The molecule has 2 saturated heterocycles. The number of carbonyl (C=O) groups is 2. The highest BCUT2D eigenvalue weighted by Crippen LogP contribution is 2.35. The number of hydrazine groups is 2. The largest absolute Gasteiger partial charge is 0.352 e. The standard InChI is InChI=1S/C22H30N6O2/c1-14-7-8-16(11-15(14)2)18-12-19-21-25-28(13-20(29)23-17-5-3-4-6-17)22(30)26(21)9-10-27(19)24-18/h7-11,17-19,21,24-25H,3-6,12-13H2,1-2H3,(H,23,29). The Morgan fingerprint density at radius 1 is 1.13 bits per heavy atom. The van der Waals surface area contributed by atoms with Gasteiger partial charge in [0.15, 0.2) is 0 Å². The van der Waals surface area contributed by atoms with Crippen LogP contribution in [0.3, 0.4) is 0 Å². The molecule has 3 aliphatic heterocycles. The zero-order valence-corrected chi connectivity index (χ0v) is 17.6. The summed E-state index contributed by atoms with van der Waals surface area (Å²) in [5, 5.41) is 6.60. The second-order valence-electron chi connectivity index (χ2n) is 8.93. The molecule has 1 aliphatic carbocycles. The van der Waals surface area contributed by atoms with Crippen molar-refractivity contribution in [2.24, 2.45) is 0 Å². The van der Waals surface area contributed by atoms with E-state index in [1.54, 1.807) is 11.1 Å². The van der Waals surface area contributed by atoms with Crippen molar-refractivity contribution in [3.63, 3.8) is 0 Å². The number of aryl methyl sites for hydroxylation is 2. The second kappa shape index (κ2) is 7.59. The van der Waals surface area contributed by atoms with Gasteiger partial charge in [-0.2, -0.15) is 0 Å². The van der Waals surface area contributed by atoms with Crippen molar-refractivity contribution in [1.29, 1.82) is 0 Å². The Hall–Kier alpha value is -2.58. The van der Waals surface area contributed by atoms with Crippen molar-refractivity contribution in [2.75, 3.05) is 6.54 Å². The van der Waals surface area contributed by atoms with Gasteiger partial charge in [0.1, 0.15) is 12.7 Å². The maximum Gasteiger partial charge on any atom is 0.340 e. The summed E-state index contributed by atoms with van der Waals surface area (Å²) in [4.78, 5) is 27.0. The van der Waals surface area contributed by atoms with E-state index in [2.05, 4.69) is 53.2 Å². The van der Waals surface area contributed by atoms with Crippen molar-refractivity contribution in [3.8, 4) is 0 Å². The van der Waals surface area contributed by atoms with Crippen LogP contribution in [0.4, 0.5) is 4.79 Å². The van der Waals surface area contributed by atoms with Gasteiger partial charge in [0.25, 0.3) is 0 Å². The molecule has 3 N–H and O–H groups in total. The molecule has 3 unspecified atom stereocenters. The molecule has 5 rings (SSSR count). The highest BCUT2D eigenvalue weighted by molar-refractivity contribution is 5.85. The predicted octanol–water partition coefficient (Wildman–Crippen LogP) is 2.04. The van der Waals surface area contributed by atoms with E-state index in [-0.39, 0.29) is 42.8 Å². The zero-order chi connectivity index (χ0) is 20.8. The summed E-state index contributed by atoms with van der Waals surface area (Å²) in [7, 11) is 0. The third kappa shape index (κ3) is 3.44. The Balaban J connectivity index is 1.25. The summed E-state index contributed by atoms with van der Waals surface area (Å²) in [5.41, 5.74) is 10.7. The van der Waals surface area contributed by atoms with Crippen LogP contribution in [0, 0.1) is 13.8 Å². The van der Waals surface area contributed by atoms with Crippen LogP contribution in [0.15, 0.2) is 30.6 Å². The molecule has 0 radical (unpaired) electrons. The van der Waals surface area contributed by atoms with E-state index in [9.17, 15) is 9.59 Å². The third-order valence-corrected chi connectivity index (χ3v) is 6.89. The summed E-state index contributed by atoms with van der Waals surface area (Å²) in [5.74, 6) is -0.0963. The molecule has 30 heavy (non-hydrogen) atoms. The van der Waals surface area contributed by atoms with Crippen molar-refractivity contribution >= 4 is 11.9 Å². The van der Waals surface area contributed by atoms with Gasteiger partial charge in [0.05, 0.1) is 12.1 Å². The van der Waals surface area contributed by atoms with E-state index in [1.165, 1.54) is 34.5 Å². The summed E-state index contributed by atoms with van der Waals surface area (Å²) in [6.07, 6.45) is 8.80. The normalized spacial score (nSPS) is 28.3. The van der Waals surface area contributed by atoms with Gasteiger partial charge in [-0.3, -0.25) is 9.69 Å². The number of fused-ring (bicyclic) bond motifs is 3. The monoisotopic (exact) mass is 410 g/mol. The number of rotatable bonds is 4. The first-order chi connectivity index (χ1) is 14.5. The minimum atomic E-state index is -0.189. The van der Waals surface area contributed by atoms with Crippen molar-refractivity contribution in [2.45, 2.75) is 70.2 Å². The molecule has 0 bridgehead atoms. The average molecular weight is 411 g/mol. The van der Waals surface area contributed by atoms with E-state index in [4.69, 9.17) is 0 Å². The highest BCUT2D eigenvalue weighted by Gasteiger charge is 2.48. The van der Waals surface area contributed by atoms with Crippen LogP contribution < -0.4 is 16.2 Å². The number of urea groups is 1. The van der Waals surface area contributed by atoms with Crippen molar-refractivity contribution in [1.82, 2.24) is 31.1 Å². The number of nitrogens with one attached hydrogen (secondary N) is 3. The van der Waals surface area contributed by atoms with Gasteiger partial charge in [0.2, 0.25) is 5.91 Å². The second-order valence-corrected chi connectivity index (χ2v) is 8.93. The van der Waals surface area contributed by atoms with Crippen LogP contribution in [-0.2, 0) is 4.79 Å². The van der Waals surface area contributed by atoms with E-state index < -0.39 is 0 Å². The molecule has 3 atom stereocenters. The summed E-state index contributed by atoms with van der Waals surface area (Å²) < 4.78 is 0. The lowest BCUT2D eigenvalue weighted by atomic mass is 9.97. The van der Waals surface area contributed by atoms with Gasteiger partial charge in [-0.25, -0.2) is 20.7 Å². The number of carbonyl (C=O) groups excluding carboxylic acids is 2. The Kier molecular flexibility index (Phi) is 4.91. The van der Waals surface area contributed by atoms with Crippen LogP contribution in [0.1, 0.15) is 54.8 Å². The Bertz CT molecular complexity index is 880. The highest BCUT2D eigenvalue weighted by atomic mass is 16.2. The van der Waals surface area contributed by atoms with Gasteiger partial charge in [-0.1, -0.05) is 31.0 Å². The number of hydrogen-bond acceptors (Lipinski definition) is 5. The van der Waals surface area contributed by atoms with Crippen LogP contribution >= 0.6 is 0 Å². The fourth-order valence-electron chi connectivity index (χ4n) is 5.02. The first kappa shape index (κ1) is 19.4. The minimum absolute atomic E-state index is 0.0386. The minimum Gasteiger partial charge on any atom is -0.352 e.